The summed E-state index contributed by atoms with van der Waals surface area (Å²) in [6.45, 7) is 2.77. The maximum Gasteiger partial charge on any atom is 0.438 e. The minimum atomic E-state index is -5.00. The summed E-state index contributed by atoms with van der Waals surface area (Å²) in [5, 5.41) is 17.8. The van der Waals surface area contributed by atoms with Gasteiger partial charge in [0.25, 0.3) is 5.72 Å². The second kappa shape index (κ2) is 5.54. The van der Waals surface area contributed by atoms with Crippen molar-refractivity contribution in [3.8, 4) is 0 Å². The highest BCUT2D eigenvalue weighted by Crippen LogP contribution is 2.40. The van der Waals surface area contributed by atoms with E-state index in [2.05, 4.69) is 10.2 Å². The monoisotopic (exact) mass is 338 g/mol. The van der Waals surface area contributed by atoms with E-state index in [9.17, 15) is 23.1 Å². The van der Waals surface area contributed by atoms with Gasteiger partial charge in [-0.05, 0) is 6.92 Å². The molecule has 0 aromatic carbocycles. The molecule has 1 N–H and O–H groups in total. The molecule has 6 nitrogen and oxygen atoms in total. The number of hydrazone groups is 1. The van der Waals surface area contributed by atoms with Crippen LogP contribution in [0.5, 0.6) is 0 Å². The van der Waals surface area contributed by atoms with E-state index >= 15 is 0 Å². The Kier molecular flexibility index (Phi) is 4.22. The standard InChI is InChI=1S/C12H14ClF3N4O2/c1-7(5-19-6-9(13)4-17-19)10(21)20-11(22,12(14,15)16)3-8(2)18-20/h4,6-7,22H,3,5H2,1-2H3/t7-,11+/m1/s1. The van der Waals surface area contributed by atoms with Gasteiger partial charge in [0.2, 0.25) is 5.91 Å². The fraction of sp³-hybridized carbons (Fsp3) is 0.583. The lowest BCUT2D eigenvalue weighted by Gasteiger charge is -2.33. The summed E-state index contributed by atoms with van der Waals surface area (Å²) < 4.78 is 40.5. The lowest BCUT2D eigenvalue weighted by molar-refractivity contribution is -0.303. The first-order valence-corrected chi connectivity index (χ1v) is 6.77. The molecule has 0 aliphatic carbocycles. The number of alkyl halides is 3. The van der Waals surface area contributed by atoms with Crippen molar-refractivity contribution in [2.45, 2.75) is 38.7 Å². The number of carbonyl (C=O) groups excluding carboxylic acids is 1. The van der Waals surface area contributed by atoms with Crippen LogP contribution < -0.4 is 0 Å². The van der Waals surface area contributed by atoms with E-state index in [4.69, 9.17) is 11.6 Å². The van der Waals surface area contributed by atoms with Crippen molar-refractivity contribution >= 4 is 23.2 Å². The summed E-state index contributed by atoms with van der Waals surface area (Å²) in [5.41, 5.74) is -3.27. The van der Waals surface area contributed by atoms with Gasteiger partial charge >= 0.3 is 6.18 Å². The molecule has 22 heavy (non-hydrogen) atoms. The highest BCUT2D eigenvalue weighted by Gasteiger charge is 2.62. The quantitative estimate of drug-likeness (QED) is 0.916. The number of amides is 1. The Bertz CT molecular complexity index is 616. The number of aliphatic hydroxyl groups is 1. The molecule has 1 amide bonds. The van der Waals surface area contributed by atoms with Crippen LogP contribution in [0.1, 0.15) is 20.3 Å². The Labute approximate surface area is 129 Å². The first kappa shape index (κ1) is 16.8. The number of hydrogen-bond acceptors (Lipinski definition) is 4. The van der Waals surface area contributed by atoms with Gasteiger partial charge < -0.3 is 5.11 Å². The molecule has 2 rings (SSSR count). The lowest BCUT2D eigenvalue weighted by atomic mass is 10.1. The van der Waals surface area contributed by atoms with Crippen molar-refractivity contribution in [1.82, 2.24) is 14.8 Å². The predicted octanol–water partition coefficient (Wildman–Crippen LogP) is 2.03. The molecule has 2 heterocycles. The molecule has 0 bridgehead atoms. The zero-order valence-corrected chi connectivity index (χ0v) is 12.6. The number of nitrogens with zero attached hydrogens (tertiary/aromatic N) is 4. The van der Waals surface area contributed by atoms with Crippen LogP contribution >= 0.6 is 11.6 Å². The molecule has 122 valence electrons. The fourth-order valence-corrected chi connectivity index (χ4v) is 2.33. The van der Waals surface area contributed by atoms with Crippen molar-refractivity contribution < 1.29 is 23.1 Å². The van der Waals surface area contributed by atoms with Crippen molar-refractivity contribution in [2.24, 2.45) is 11.0 Å². The Morgan fingerprint density at radius 2 is 2.23 bits per heavy atom. The molecule has 0 radical (unpaired) electrons. The minimum Gasteiger partial charge on any atom is -0.362 e. The molecule has 10 heteroatoms. The van der Waals surface area contributed by atoms with E-state index in [0.29, 0.717) is 5.02 Å². The largest absolute Gasteiger partial charge is 0.438 e. The van der Waals surface area contributed by atoms with Crippen LogP contribution in [0.15, 0.2) is 17.5 Å². The Hall–Kier alpha value is -1.61. The zero-order valence-electron chi connectivity index (χ0n) is 11.8. The third-order valence-electron chi connectivity index (χ3n) is 3.27. The second-order valence-corrected chi connectivity index (χ2v) is 5.69. The third-order valence-corrected chi connectivity index (χ3v) is 3.47. The normalized spacial score (nSPS) is 23.6. The topological polar surface area (TPSA) is 70.7 Å². The SMILES string of the molecule is CC1=NN(C(=O)[C@H](C)Cn2cc(Cl)cn2)[C@@](O)(C(F)(F)F)C1. The van der Waals surface area contributed by atoms with E-state index in [1.54, 1.807) is 0 Å². The van der Waals surface area contributed by atoms with Gasteiger partial charge in [0.05, 0.1) is 23.7 Å². The maximum atomic E-state index is 13.1. The number of halogens is 4. The average molecular weight is 339 g/mol. The first-order valence-electron chi connectivity index (χ1n) is 6.40. The molecular formula is C12H14ClF3N4O2. The summed E-state index contributed by atoms with van der Waals surface area (Å²) in [5.74, 6) is -1.82. The van der Waals surface area contributed by atoms with E-state index in [-0.39, 0.29) is 17.3 Å². The number of carbonyl (C=O) groups is 1. The summed E-state index contributed by atoms with van der Waals surface area (Å²) in [6.07, 6.45) is -2.97. The van der Waals surface area contributed by atoms with Gasteiger partial charge in [0.15, 0.2) is 0 Å². The summed E-state index contributed by atoms with van der Waals surface area (Å²) in [4.78, 5) is 12.2. The van der Waals surface area contributed by atoms with Crippen LogP contribution in [0.25, 0.3) is 0 Å². The molecule has 1 aromatic rings. The van der Waals surface area contributed by atoms with Crippen molar-refractivity contribution in [2.75, 3.05) is 0 Å². The smallest absolute Gasteiger partial charge is 0.362 e. The average Bonchev–Trinajstić information content (AvgIpc) is 2.92. The van der Waals surface area contributed by atoms with E-state index in [0.717, 1.165) is 0 Å². The van der Waals surface area contributed by atoms with Gasteiger partial charge in [-0.1, -0.05) is 18.5 Å². The van der Waals surface area contributed by atoms with Crippen LogP contribution in [0.3, 0.4) is 0 Å². The summed E-state index contributed by atoms with van der Waals surface area (Å²) >= 11 is 5.69. The van der Waals surface area contributed by atoms with E-state index in [1.165, 1.54) is 30.9 Å². The zero-order chi connectivity index (χ0) is 16.7. The van der Waals surface area contributed by atoms with Gasteiger partial charge in [-0.15, -0.1) is 0 Å². The van der Waals surface area contributed by atoms with Gasteiger partial charge in [0.1, 0.15) is 0 Å². The van der Waals surface area contributed by atoms with Gasteiger partial charge in [-0.2, -0.15) is 28.4 Å². The fourth-order valence-electron chi connectivity index (χ4n) is 2.18. The first-order chi connectivity index (χ1) is 10.0. The van der Waals surface area contributed by atoms with Crippen LogP contribution in [0.2, 0.25) is 5.02 Å². The van der Waals surface area contributed by atoms with Crippen molar-refractivity contribution in [1.29, 1.82) is 0 Å². The molecule has 0 unspecified atom stereocenters. The van der Waals surface area contributed by atoms with Crippen LogP contribution in [0, 0.1) is 5.92 Å². The van der Waals surface area contributed by atoms with E-state index in [1.807, 2.05) is 0 Å². The number of aromatic nitrogens is 2. The highest BCUT2D eigenvalue weighted by molar-refractivity contribution is 6.30. The van der Waals surface area contributed by atoms with Crippen LogP contribution in [-0.2, 0) is 11.3 Å². The molecular weight excluding hydrogens is 325 g/mol. The Balaban J connectivity index is 2.19. The Morgan fingerprint density at radius 1 is 1.59 bits per heavy atom. The highest BCUT2D eigenvalue weighted by atomic mass is 35.5. The van der Waals surface area contributed by atoms with Crippen molar-refractivity contribution in [3.05, 3.63) is 17.4 Å². The molecule has 0 saturated heterocycles. The van der Waals surface area contributed by atoms with Crippen molar-refractivity contribution in [3.63, 3.8) is 0 Å². The minimum absolute atomic E-state index is 0.0184. The molecule has 2 atom stereocenters. The van der Waals surface area contributed by atoms with Gasteiger partial charge in [0, 0.05) is 18.3 Å². The number of hydrogen-bond donors (Lipinski definition) is 1. The van der Waals surface area contributed by atoms with E-state index < -0.39 is 30.1 Å². The third kappa shape index (κ3) is 2.95. The molecule has 0 saturated carbocycles. The lowest BCUT2D eigenvalue weighted by Crippen LogP contribution is -2.57. The second-order valence-electron chi connectivity index (χ2n) is 5.26. The maximum absolute atomic E-state index is 13.1. The van der Waals surface area contributed by atoms with Crippen LogP contribution in [0.4, 0.5) is 13.2 Å². The summed E-state index contributed by atoms with van der Waals surface area (Å²) in [6, 6.07) is 0. The summed E-state index contributed by atoms with van der Waals surface area (Å²) in [7, 11) is 0. The molecule has 0 fully saturated rings. The molecule has 0 spiro atoms. The predicted molar refractivity (Wildman–Crippen MR) is 72.0 cm³/mol. The van der Waals surface area contributed by atoms with Gasteiger partial charge in [-0.3, -0.25) is 9.48 Å². The Morgan fingerprint density at radius 3 is 2.73 bits per heavy atom. The molecule has 1 aliphatic heterocycles. The van der Waals surface area contributed by atoms with Gasteiger partial charge in [-0.25, -0.2) is 0 Å². The molecule has 1 aliphatic rings. The number of rotatable bonds is 3. The van der Waals surface area contributed by atoms with Crippen LogP contribution in [-0.4, -0.2) is 43.4 Å². The molecule has 1 aromatic heterocycles.